The second-order valence-electron chi connectivity index (χ2n) is 11.3. The molecule has 0 aromatic heterocycles. The molecule has 0 bridgehead atoms. The van der Waals surface area contributed by atoms with Crippen LogP contribution in [0.2, 0.25) is 13.1 Å². The van der Waals surface area contributed by atoms with Gasteiger partial charge in [-0.05, 0) is 25.7 Å². The second-order valence-corrected chi connectivity index (χ2v) is 16.0. The Morgan fingerprint density at radius 2 is 1.00 bits per heavy atom. The van der Waals surface area contributed by atoms with Crippen molar-refractivity contribution in [1.82, 2.24) is 0 Å². The van der Waals surface area contributed by atoms with Gasteiger partial charge in [-0.3, -0.25) is 0 Å². The van der Waals surface area contributed by atoms with Gasteiger partial charge in [-0.15, -0.1) is 69.1 Å². The summed E-state index contributed by atoms with van der Waals surface area (Å²) in [5.74, 6) is 0. The summed E-state index contributed by atoms with van der Waals surface area (Å²) in [5.41, 5.74) is 5.73. The molecule has 238 valence electrons. The zero-order valence-corrected chi connectivity index (χ0v) is 33.3. The molecule has 0 aliphatic rings. The van der Waals surface area contributed by atoms with Crippen molar-refractivity contribution in [1.29, 1.82) is 0 Å². The Labute approximate surface area is 291 Å². The van der Waals surface area contributed by atoms with Crippen LogP contribution in [0.5, 0.6) is 0 Å². The molecule has 0 heterocycles. The van der Waals surface area contributed by atoms with E-state index in [1.807, 2.05) is 0 Å². The Hall–Kier alpha value is -1.18. The number of benzene rings is 2. The van der Waals surface area contributed by atoms with E-state index in [2.05, 4.69) is 126 Å². The number of unbranched alkanes of at least 4 members (excludes halogenated alkanes) is 6. The summed E-state index contributed by atoms with van der Waals surface area (Å²) in [7, 11) is 11.0. The van der Waals surface area contributed by atoms with Gasteiger partial charge in [0.25, 0.3) is 0 Å². The fourth-order valence-corrected chi connectivity index (χ4v) is 5.05. The Bertz CT molecular complexity index is 1210. The Kier molecular flexibility index (Phi) is 25.0. The number of aryl methyl sites for hydroxylation is 2. The molecule has 0 spiro atoms. The molecule has 0 unspecified atom stereocenters. The van der Waals surface area contributed by atoms with Crippen molar-refractivity contribution in [3.63, 3.8) is 0 Å². The van der Waals surface area contributed by atoms with Crippen LogP contribution in [0, 0.1) is 0 Å². The Morgan fingerprint density at radius 1 is 0.636 bits per heavy atom. The van der Waals surface area contributed by atoms with Gasteiger partial charge in [0.15, 0.2) is 0 Å². The van der Waals surface area contributed by atoms with Gasteiger partial charge in [0, 0.05) is 9.52 Å². The first kappa shape index (κ1) is 40.8. The summed E-state index contributed by atoms with van der Waals surface area (Å²) in [6, 6.07) is 22.7. The van der Waals surface area contributed by atoms with Crippen LogP contribution < -0.4 is 0 Å². The number of allylic oxidation sites excluding steroid dienone is 2. The maximum atomic E-state index is 4.93. The standard InChI is InChI=1S/2C19H25.C2H6Si.2ClH.Zr/c2*1-3-5-7-8-11-17-12-9-13-18-14-16(10-6-4-2)15-19(17)18;1-3-2;;;/h2*8-9,11-15H,3-7,10H2,1-2H3;1-2H3;2*1H;/q2*-1;;;;+4/p-2. The third-order valence-electron chi connectivity index (χ3n) is 7.37. The first-order valence-corrected chi connectivity index (χ1v) is 25.1. The van der Waals surface area contributed by atoms with Crippen molar-refractivity contribution in [2.45, 2.75) is 118 Å². The van der Waals surface area contributed by atoms with Crippen molar-refractivity contribution >= 4 is 60.2 Å². The Morgan fingerprint density at radius 3 is 1.34 bits per heavy atom. The summed E-state index contributed by atoms with van der Waals surface area (Å²) in [5, 5.41) is 5.62. The zero-order chi connectivity index (χ0) is 32.4. The molecule has 4 rings (SSSR count). The summed E-state index contributed by atoms with van der Waals surface area (Å²) in [6.45, 7) is 13.3. The molecule has 0 nitrogen and oxygen atoms in total. The van der Waals surface area contributed by atoms with E-state index in [1.165, 1.54) is 121 Å². The van der Waals surface area contributed by atoms with Gasteiger partial charge in [0.05, 0.1) is 0 Å². The van der Waals surface area contributed by atoms with Crippen LogP contribution in [0.1, 0.15) is 114 Å². The SMILES string of the molecule is CCCCC=Cc1cccc2[cH-]c(CCCC)cc12.CCCCC=Cc1cccc2[cH-]c(CCCC)cc12.C[Si]C.[Cl][Zr+2][Cl]. The van der Waals surface area contributed by atoms with Gasteiger partial charge in [-0.1, -0.05) is 140 Å². The number of halogens is 2. The predicted molar refractivity (Wildman–Crippen MR) is 203 cm³/mol. The minimum atomic E-state index is -0.826. The van der Waals surface area contributed by atoms with Gasteiger partial charge in [-0.25, -0.2) is 0 Å². The van der Waals surface area contributed by atoms with Crippen molar-refractivity contribution in [3.05, 3.63) is 95.1 Å². The molecule has 4 aromatic carbocycles. The maximum absolute atomic E-state index is 4.93. The molecule has 2 radical (unpaired) electrons. The van der Waals surface area contributed by atoms with E-state index in [0.717, 1.165) is 9.52 Å². The van der Waals surface area contributed by atoms with Gasteiger partial charge >= 0.3 is 37.9 Å². The molecule has 0 saturated heterocycles. The topological polar surface area (TPSA) is 0 Å². The van der Waals surface area contributed by atoms with E-state index < -0.39 is 20.8 Å². The van der Waals surface area contributed by atoms with E-state index >= 15 is 0 Å². The van der Waals surface area contributed by atoms with E-state index in [0.29, 0.717) is 0 Å². The summed E-state index contributed by atoms with van der Waals surface area (Å²) < 4.78 is 0. The van der Waals surface area contributed by atoms with E-state index in [4.69, 9.17) is 17.0 Å². The molecular weight excluding hydrogens is 671 g/mol. The predicted octanol–water partition coefficient (Wildman–Crippen LogP) is 14.4. The van der Waals surface area contributed by atoms with Gasteiger partial charge < -0.3 is 0 Å². The first-order valence-electron chi connectivity index (χ1n) is 16.8. The summed E-state index contributed by atoms with van der Waals surface area (Å²) in [4.78, 5) is 0. The van der Waals surface area contributed by atoms with Gasteiger partial charge in [0.2, 0.25) is 0 Å². The zero-order valence-electron chi connectivity index (χ0n) is 28.3. The molecular formula is C40H56Cl2SiZr. The molecule has 4 aromatic rings. The van der Waals surface area contributed by atoms with E-state index in [9.17, 15) is 0 Å². The van der Waals surface area contributed by atoms with Crippen molar-refractivity contribution < 1.29 is 20.8 Å². The van der Waals surface area contributed by atoms with E-state index in [-0.39, 0.29) is 0 Å². The van der Waals surface area contributed by atoms with Crippen LogP contribution in [0.15, 0.2) is 72.8 Å². The molecule has 0 saturated carbocycles. The van der Waals surface area contributed by atoms with Crippen molar-refractivity contribution in [2.24, 2.45) is 0 Å². The molecule has 0 aliphatic heterocycles. The van der Waals surface area contributed by atoms with Crippen LogP contribution in [0.3, 0.4) is 0 Å². The number of hydrogen-bond donors (Lipinski definition) is 0. The van der Waals surface area contributed by atoms with Crippen molar-refractivity contribution in [3.8, 4) is 0 Å². The van der Waals surface area contributed by atoms with Gasteiger partial charge in [0.1, 0.15) is 0 Å². The van der Waals surface area contributed by atoms with Crippen LogP contribution in [-0.2, 0) is 33.7 Å². The van der Waals surface area contributed by atoms with Crippen LogP contribution in [-0.4, -0.2) is 9.52 Å². The van der Waals surface area contributed by atoms with Crippen LogP contribution >= 0.6 is 17.0 Å². The molecule has 0 atom stereocenters. The normalized spacial score (nSPS) is 10.7. The third-order valence-corrected chi connectivity index (χ3v) is 7.37. The number of fused-ring (bicyclic) bond motifs is 2. The number of hydrogen-bond acceptors (Lipinski definition) is 0. The Balaban J connectivity index is 0.000000373. The molecule has 0 aliphatic carbocycles. The average molecular weight is 727 g/mol. The molecule has 0 fully saturated rings. The fourth-order valence-electron chi connectivity index (χ4n) is 5.05. The monoisotopic (exact) mass is 724 g/mol. The first-order chi connectivity index (χ1) is 21.5. The quantitative estimate of drug-likeness (QED) is 0.0689. The third kappa shape index (κ3) is 16.4. The molecule has 0 amide bonds. The fraction of sp³-hybridized carbons (Fsp3) is 0.450. The molecule has 44 heavy (non-hydrogen) atoms. The summed E-state index contributed by atoms with van der Waals surface area (Å²) in [6.07, 6.45) is 24.3. The average Bonchev–Trinajstić information content (AvgIpc) is 3.65. The van der Waals surface area contributed by atoms with Crippen LogP contribution in [0.4, 0.5) is 0 Å². The van der Waals surface area contributed by atoms with Crippen molar-refractivity contribution in [2.75, 3.05) is 0 Å². The summed E-state index contributed by atoms with van der Waals surface area (Å²) >= 11 is -0.826. The minimum absolute atomic E-state index is 0.826. The molecule has 0 N–H and O–H groups in total. The van der Waals surface area contributed by atoms with Crippen LogP contribution in [0.25, 0.3) is 33.7 Å². The molecule has 4 heteroatoms. The number of rotatable bonds is 14. The van der Waals surface area contributed by atoms with Gasteiger partial charge in [-0.2, -0.15) is 12.1 Å². The second kappa shape index (κ2) is 27.0. The van der Waals surface area contributed by atoms with E-state index in [1.54, 1.807) is 0 Å².